The normalized spacial score (nSPS) is 21.4. The lowest BCUT2D eigenvalue weighted by Gasteiger charge is -2.15. The maximum Gasteiger partial charge on any atom is 0.346 e. The van der Waals surface area contributed by atoms with E-state index in [1.165, 1.54) is 0 Å². The lowest BCUT2D eigenvalue weighted by atomic mass is 10.2. The molecule has 0 aromatic carbocycles. The summed E-state index contributed by atoms with van der Waals surface area (Å²) in [6.07, 6.45) is 3.74. The predicted molar refractivity (Wildman–Crippen MR) is 50.6 cm³/mol. The molecule has 0 bridgehead atoms. The van der Waals surface area contributed by atoms with E-state index in [0.717, 1.165) is 25.7 Å². The molecule has 84 valence electrons. The number of nitrogens with one attached hydrogen (secondary N) is 1. The van der Waals surface area contributed by atoms with E-state index in [9.17, 15) is 13.0 Å². The largest absolute Gasteiger partial charge is 0.346 e. The SMILES string of the molecule is O=S(O)C(F)(F)CCNC1CCCC1. The van der Waals surface area contributed by atoms with Gasteiger partial charge in [-0.05, 0) is 12.8 Å². The van der Waals surface area contributed by atoms with Gasteiger partial charge in [-0.3, -0.25) is 0 Å². The highest BCUT2D eigenvalue weighted by Gasteiger charge is 2.35. The van der Waals surface area contributed by atoms with Crippen molar-refractivity contribution in [3.05, 3.63) is 0 Å². The number of rotatable bonds is 5. The Balaban J connectivity index is 2.16. The molecule has 0 aromatic heterocycles. The monoisotopic (exact) mass is 227 g/mol. The van der Waals surface area contributed by atoms with Crippen LogP contribution in [-0.2, 0) is 11.1 Å². The standard InChI is InChI=1S/C8H15F2NO2S/c9-8(10,14(12)13)5-6-11-7-3-1-2-4-7/h7,11H,1-6H2,(H,12,13). The van der Waals surface area contributed by atoms with Gasteiger partial charge in [0.1, 0.15) is 0 Å². The van der Waals surface area contributed by atoms with Crippen LogP contribution in [0.4, 0.5) is 8.78 Å². The third-order valence-corrected chi connectivity index (χ3v) is 3.17. The molecule has 0 spiro atoms. The Labute approximate surface area is 84.5 Å². The van der Waals surface area contributed by atoms with Crippen LogP contribution in [0.2, 0.25) is 0 Å². The van der Waals surface area contributed by atoms with Crippen LogP contribution in [0.5, 0.6) is 0 Å². The zero-order valence-electron chi connectivity index (χ0n) is 7.84. The van der Waals surface area contributed by atoms with Gasteiger partial charge in [0.15, 0.2) is 0 Å². The summed E-state index contributed by atoms with van der Waals surface area (Å²) in [5.74, 6) is 0. The van der Waals surface area contributed by atoms with E-state index in [-0.39, 0.29) is 6.54 Å². The molecular weight excluding hydrogens is 212 g/mol. The van der Waals surface area contributed by atoms with E-state index in [4.69, 9.17) is 4.55 Å². The van der Waals surface area contributed by atoms with Crippen LogP contribution in [-0.4, -0.2) is 26.6 Å². The van der Waals surface area contributed by atoms with Crippen molar-refractivity contribution in [1.29, 1.82) is 0 Å². The number of alkyl halides is 2. The number of hydrogen-bond donors (Lipinski definition) is 2. The van der Waals surface area contributed by atoms with Gasteiger partial charge in [0.05, 0.1) is 0 Å². The van der Waals surface area contributed by atoms with Crippen molar-refractivity contribution in [2.24, 2.45) is 0 Å². The second-order valence-electron chi connectivity index (χ2n) is 3.57. The highest BCUT2D eigenvalue weighted by Crippen LogP contribution is 2.22. The number of hydrogen-bond acceptors (Lipinski definition) is 2. The molecule has 1 unspecified atom stereocenters. The van der Waals surface area contributed by atoms with Gasteiger partial charge in [-0.1, -0.05) is 12.8 Å². The fourth-order valence-corrected chi connectivity index (χ4v) is 1.92. The van der Waals surface area contributed by atoms with Crippen LogP contribution in [0.3, 0.4) is 0 Å². The highest BCUT2D eigenvalue weighted by molar-refractivity contribution is 7.80. The van der Waals surface area contributed by atoms with Gasteiger partial charge >= 0.3 is 5.25 Å². The van der Waals surface area contributed by atoms with Crippen molar-refractivity contribution < 1.29 is 17.5 Å². The first-order chi connectivity index (χ1) is 6.52. The molecule has 0 saturated heterocycles. The Morgan fingerprint density at radius 3 is 2.50 bits per heavy atom. The van der Waals surface area contributed by atoms with Crippen molar-refractivity contribution in [3.63, 3.8) is 0 Å². The topological polar surface area (TPSA) is 49.3 Å². The Hall–Kier alpha value is -0.0700. The summed E-state index contributed by atoms with van der Waals surface area (Å²) in [4.78, 5) is 0. The Bertz CT molecular complexity index is 208. The summed E-state index contributed by atoms with van der Waals surface area (Å²) in [7, 11) is 0. The molecule has 1 fully saturated rings. The second-order valence-corrected chi connectivity index (χ2v) is 4.67. The maximum atomic E-state index is 12.6. The summed E-state index contributed by atoms with van der Waals surface area (Å²) in [6, 6.07) is 0.318. The van der Waals surface area contributed by atoms with E-state index in [1.54, 1.807) is 0 Å². The quantitative estimate of drug-likeness (QED) is 0.703. The molecule has 14 heavy (non-hydrogen) atoms. The van der Waals surface area contributed by atoms with Gasteiger partial charge in [0.25, 0.3) is 0 Å². The van der Waals surface area contributed by atoms with Crippen LogP contribution >= 0.6 is 0 Å². The van der Waals surface area contributed by atoms with E-state index < -0.39 is 22.8 Å². The molecule has 0 amide bonds. The summed E-state index contributed by atoms with van der Waals surface area (Å²) >= 11 is -3.05. The second kappa shape index (κ2) is 5.14. The predicted octanol–water partition coefficient (Wildman–Crippen LogP) is 1.72. The molecule has 0 aromatic rings. The maximum absolute atomic E-state index is 12.6. The number of halogens is 2. The molecule has 0 radical (unpaired) electrons. The van der Waals surface area contributed by atoms with Gasteiger partial charge < -0.3 is 9.87 Å². The smallest absolute Gasteiger partial charge is 0.314 e. The lowest BCUT2D eigenvalue weighted by molar-refractivity contribution is 0.0795. The van der Waals surface area contributed by atoms with Gasteiger partial charge in [0, 0.05) is 19.0 Å². The van der Waals surface area contributed by atoms with Gasteiger partial charge in [-0.25, -0.2) is 4.21 Å². The molecule has 6 heteroatoms. The molecule has 1 aliphatic rings. The zero-order chi connectivity index (χ0) is 10.6. The minimum atomic E-state index is -3.48. The van der Waals surface area contributed by atoms with E-state index in [2.05, 4.69) is 5.32 Å². The molecule has 1 atom stereocenters. The van der Waals surface area contributed by atoms with Crippen molar-refractivity contribution in [2.75, 3.05) is 6.54 Å². The lowest BCUT2D eigenvalue weighted by Crippen LogP contribution is -2.33. The molecule has 1 aliphatic carbocycles. The third-order valence-electron chi connectivity index (χ3n) is 2.46. The Morgan fingerprint density at radius 1 is 1.43 bits per heavy atom. The molecule has 0 heterocycles. The first kappa shape index (κ1) is 12.0. The van der Waals surface area contributed by atoms with Crippen LogP contribution in [0.1, 0.15) is 32.1 Å². The molecule has 1 saturated carbocycles. The van der Waals surface area contributed by atoms with Crippen LogP contribution in [0.15, 0.2) is 0 Å². The Morgan fingerprint density at radius 2 is 2.00 bits per heavy atom. The van der Waals surface area contributed by atoms with Crippen molar-refractivity contribution in [1.82, 2.24) is 5.32 Å². The summed E-state index contributed by atoms with van der Waals surface area (Å²) < 4.78 is 43.7. The Kier molecular flexibility index (Phi) is 4.40. The third kappa shape index (κ3) is 3.59. The van der Waals surface area contributed by atoms with Crippen molar-refractivity contribution in [2.45, 2.75) is 43.4 Å². The van der Waals surface area contributed by atoms with Crippen LogP contribution in [0.25, 0.3) is 0 Å². The van der Waals surface area contributed by atoms with Gasteiger partial charge in [-0.15, -0.1) is 0 Å². The van der Waals surface area contributed by atoms with Crippen molar-refractivity contribution >= 4 is 11.1 Å². The average Bonchev–Trinajstić information content (AvgIpc) is 2.56. The first-order valence-electron chi connectivity index (χ1n) is 4.74. The fraction of sp³-hybridized carbons (Fsp3) is 1.00. The van der Waals surface area contributed by atoms with Crippen LogP contribution < -0.4 is 5.32 Å². The van der Waals surface area contributed by atoms with E-state index >= 15 is 0 Å². The molecule has 0 aliphatic heterocycles. The molecule has 3 nitrogen and oxygen atoms in total. The van der Waals surface area contributed by atoms with E-state index in [1.807, 2.05) is 0 Å². The molecule has 2 N–H and O–H groups in total. The zero-order valence-corrected chi connectivity index (χ0v) is 8.66. The summed E-state index contributed by atoms with van der Waals surface area (Å²) in [5, 5.41) is -0.514. The van der Waals surface area contributed by atoms with Gasteiger partial charge in [0.2, 0.25) is 11.1 Å². The first-order valence-corrected chi connectivity index (χ1v) is 5.85. The van der Waals surface area contributed by atoms with E-state index in [0.29, 0.717) is 6.04 Å². The van der Waals surface area contributed by atoms with Crippen LogP contribution in [0, 0.1) is 0 Å². The minimum Gasteiger partial charge on any atom is -0.314 e. The summed E-state index contributed by atoms with van der Waals surface area (Å²) in [6.45, 7) is 0.101. The molecular formula is C8H15F2NO2S. The fourth-order valence-electron chi connectivity index (χ4n) is 1.64. The van der Waals surface area contributed by atoms with Crippen molar-refractivity contribution in [3.8, 4) is 0 Å². The minimum absolute atomic E-state index is 0.101. The summed E-state index contributed by atoms with van der Waals surface area (Å²) in [5.41, 5.74) is 0. The highest BCUT2D eigenvalue weighted by atomic mass is 32.2. The van der Waals surface area contributed by atoms with Gasteiger partial charge in [-0.2, -0.15) is 8.78 Å². The molecule has 1 rings (SSSR count). The average molecular weight is 227 g/mol.